The molecule has 0 unspecified atom stereocenters. The summed E-state index contributed by atoms with van der Waals surface area (Å²) >= 11 is 0. The van der Waals surface area contributed by atoms with Gasteiger partial charge < -0.3 is 19.5 Å². The van der Waals surface area contributed by atoms with Crippen molar-refractivity contribution in [3.05, 3.63) is 36.0 Å². The minimum Gasteiger partial charge on any atom is -0.497 e. The van der Waals surface area contributed by atoms with Gasteiger partial charge in [0.1, 0.15) is 11.4 Å². The van der Waals surface area contributed by atoms with E-state index in [-0.39, 0.29) is 12.7 Å². The maximum atomic E-state index is 12.5. The largest absolute Gasteiger partial charge is 0.497 e. The summed E-state index contributed by atoms with van der Waals surface area (Å²) in [6.45, 7) is 7.20. The molecule has 170 valence electrons. The molecular formula is C25H36N2O4. The number of carbonyl (C=O) groups is 1. The van der Waals surface area contributed by atoms with E-state index >= 15 is 0 Å². The average Bonchev–Trinajstić information content (AvgIpc) is 2.73. The van der Waals surface area contributed by atoms with Gasteiger partial charge in [0.15, 0.2) is 0 Å². The first kappa shape index (κ1) is 23.3. The zero-order valence-electron chi connectivity index (χ0n) is 19.3. The third-order valence-electron chi connectivity index (χ3n) is 6.10. The number of likely N-dealkylation sites (tertiary alicyclic amines) is 1. The molecule has 2 atom stereocenters. The normalized spacial score (nSPS) is 19.5. The zero-order chi connectivity index (χ0) is 22.4. The van der Waals surface area contributed by atoms with Crippen molar-refractivity contribution >= 4 is 17.0 Å². The van der Waals surface area contributed by atoms with Gasteiger partial charge in [0.25, 0.3) is 0 Å². The molecule has 1 saturated heterocycles. The molecule has 0 spiro atoms. The molecule has 1 aromatic heterocycles. The van der Waals surface area contributed by atoms with E-state index in [1.807, 2.05) is 44.0 Å². The fourth-order valence-electron chi connectivity index (χ4n) is 4.53. The third-order valence-corrected chi connectivity index (χ3v) is 6.10. The van der Waals surface area contributed by atoms with Gasteiger partial charge in [-0.15, -0.1) is 0 Å². The SMILES string of the molecule is COc1ccc2nccc(CCC[C@@H]3CCN(C(=O)OC(C)(C)C)C[C@@H]3CCO)c2c1. The van der Waals surface area contributed by atoms with Crippen molar-refractivity contribution in [3.63, 3.8) is 0 Å². The Balaban J connectivity index is 1.60. The van der Waals surface area contributed by atoms with Gasteiger partial charge in [-0.1, -0.05) is 0 Å². The van der Waals surface area contributed by atoms with Crippen LogP contribution in [0.25, 0.3) is 10.9 Å². The highest BCUT2D eigenvalue weighted by Gasteiger charge is 2.32. The molecule has 31 heavy (non-hydrogen) atoms. The summed E-state index contributed by atoms with van der Waals surface area (Å²) in [6, 6.07) is 8.10. The zero-order valence-corrected chi connectivity index (χ0v) is 19.3. The van der Waals surface area contributed by atoms with Crippen molar-refractivity contribution in [2.24, 2.45) is 11.8 Å². The fourth-order valence-corrected chi connectivity index (χ4v) is 4.53. The number of nitrogens with zero attached hydrogens (tertiary/aromatic N) is 2. The highest BCUT2D eigenvalue weighted by Crippen LogP contribution is 2.32. The molecule has 0 bridgehead atoms. The number of ether oxygens (including phenoxy) is 2. The quantitative estimate of drug-likeness (QED) is 0.684. The van der Waals surface area contributed by atoms with Gasteiger partial charge in [-0.3, -0.25) is 4.98 Å². The van der Waals surface area contributed by atoms with Gasteiger partial charge in [-0.25, -0.2) is 4.79 Å². The fraction of sp³-hybridized carbons (Fsp3) is 0.600. The number of piperidine rings is 1. The molecule has 6 heteroatoms. The first-order valence-corrected chi connectivity index (χ1v) is 11.3. The molecule has 2 aromatic rings. The van der Waals surface area contributed by atoms with Crippen LogP contribution in [0.2, 0.25) is 0 Å². The molecule has 2 heterocycles. The van der Waals surface area contributed by atoms with E-state index < -0.39 is 5.60 Å². The number of amides is 1. The summed E-state index contributed by atoms with van der Waals surface area (Å²) in [5.74, 6) is 1.66. The van der Waals surface area contributed by atoms with Crippen LogP contribution in [0.5, 0.6) is 5.75 Å². The van der Waals surface area contributed by atoms with Crippen molar-refractivity contribution in [1.82, 2.24) is 9.88 Å². The lowest BCUT2D eigenvalue weighted by Crippen LogP contribution is -2.46. The third kappa shape index (κ3) is 6.33. The van der Waals surface area contributed by atoms with E-state index in [2.05, 4.69) is 17.1 Å². The van der Waals surface area contributed by atoms with Crippen molar-refractivity contribution in [2.45, 2.75) is 58.5 Å². The van der Waals surface area contributed by atoms with Crippen LogP contribution >= 0.6 is 0 Å². The average molecular weight is 429 g/mol. The number of aliphatic hydroxyl groups excluding tert-OH is 1. The Bertz CT molecular complexity index is 877. The summed E-state index contributed by atoms with van der Waals surface area (Å²) in [6.07, 6.45) is 6.43. The lowest BCUT2D eigenvalue weighted by Gasteiger charge is -2.39. The van der Waals surface area contributed by atoms with Crippen molar-refractivity contribution in [2.75, 3.05) is 26.8 Å². The molecule has 6 nitrogen and oxygen atoms in total. The molecule has 1 amide bonds. The summed E-state index contributed by atoms with van der Waals surface area (Å²) in [7, 11) is 1.68. The number of aromatic nitrogens is 1. The van der Waals surface area contributed by atoms with E-state index in [1.54, 1.807) is 7.11 Å². The van der Waals surface area contributed by atoms with Gasteiger partial charge in [0, 0.05) is 31.3 Å². The summed E-state index contributed by atoms with van der Waals surface area (Å²) in [5, 5.41) is 10.7. The number of rotatable bonds is 7. The predicted octanol–water partition coefficient (Wildman–Crippen LogP) is 4.82. The van der Waals surface area contributed by atoms with Crippen molar-refractivity contribution in [1.29, 1.82) is 0 Å². The van der Waals surface area contributed by atoms with Gasteiger partial charge in [0.2, 0.25) is 0 Å². The smallest absolute Gasteiger partial charge is 0.410 e. The standard InChI is InChI=1S/C25H36N2O4/c1-25(2,3)31-24(29)27-14-11-18(20(17-27)12-15-28)6-5-7-19-10-13-26-23-9-8-21(30-4)16-22(19)23/h8-10,13,16,18,20,28H,5-7,11-12,14-15,17H2,1-4H3/t18-,20+/m1/s1. The van der Waals surface area contributed by atoms with E-state index in [0.717, 1.165) is 55.3 Å². The highest BCUT2D eigenvalue weighted by molar-refractivity contribution is 5.83. The second-order valence-corrected chi connectivity index (χ2v) is 9.49. The van der Waals surface area contributed by atoms with Crippen LogP contribution in [-0.2, 0) is 11.2 Å². The first-order valence-electron chi connectivity index (χ1n) is 11.3. The number of methoxy groups -OCH3 is 1. The minimum atomic E-state index is -0.490. The highest BCUT2D eigenvalue weighted by atomic mass is 16.6. The maximum Gasteiger partial charge on any atom is 0.410 e. The number of fused-ring (bicyclic) bond motifs is 1. The predicted molar refractivity (Wildman–Crippen MR) is 122 cm³/mol. The van der Waals surface area contributed by atoms with Crippen LogP contribution < -0.4 is 4.74 Å². The van der Waals surface area contributed by atoms with E-state index in [4.69, 9.17) is 9.47 Å². The monoisotopic (exact) mass is 428 g/mol. The Hall–Kier alpha value is -2.34. The van der Waals surface area contributed by atoms with Crippen LogP contribution in [0.3, 0.4) is 0 Å². The van der Waals surface area contributed by atoms with Gasteiger partial charge in [0.05, 0.1) is 12.6 Å². The summed E-state index contributed by atoms with van der Waals surface area (Å²) in [5.41, 5.74) is 1.78. The Morgan fingerprint density at radius 1 is 1.23 bits per heavy atom. The van der Waals surface area contributed by atoms with Gasteiger partial charge in [-0.2, -0.15) is 0 Å². The van der Waals surface area contributed by atoms with E-state index in [0.29, 0.717) is 18.4 Å². The Kier molecular flexibility index (Phi) is 7.76. The van der Waals surface area contributed by atoms with Crippen molar-refractivity contribution in [3.8, 4) is 5.75 Å². The second kappa shape index (κ2) is 10.3. The van der Waals surface area contributed by atoms with Crippen LogP contribution in [-0.4, -0.2) is 53.5 Å². The molecule has 1 aliphatic rings. The second-order valence-electron chi connectivity index (χ2n) is 9.49. The Labute approximate surface area is 185 Å². The molecule has 3 rings (SSSR count). The van der Waals surface area contributed by atoms with Gasteiger partial charge >= 0.3 is 6.09 Å². The van der Waals surface area contributed by atoms with Crippen LogP contribution in [0, 0.1) is 11.8 Å². The number of hydrogen-bond acceptors (Lipinski definition) is 5. The number of aliphatic hydroxyl groups is 1. The molecular weight excluding hydrogens is 392 g/mol. The minimum absolute atomic E-state index is 0.151. The summed E-state index contributed by atoms with van der Waals surface area (Å²) < 4.78 is 10.9. The lowest BCUT2D eigenvalue weighted by atomic mass is 9.80. The molecule has 1 fully saturated rings. The number of pyridine rings is 1. The number of hydrogen-bond donors (Lipinski definition) is 1. The van der Waals surface area contributed by atoms with E-state index in [9.17, 15) is 9.90 Å². The Morgan fingerprint density at radius 2 is 2.03 bits per heavy atom. The van der Waals surface area contributed by atoms with Crippen LogP contribution in [0.4, 0.5) is 4.79 Å². The molecule has 1 N–H and O–H groups in total. The van der Waals surface area contributed by atoms with Crippen LogP contribution in [0.15, 0.2) is 30.5 Å². The van der Waals surface area contributed by atoms with Crippen molar-refractivity contribution < 1.29 is 19.4 Å². The number of aryl methyl sites for hydroxylation is 1. The van der Waals surface area contributed by atoms with E-state index in [1.165, 1.54) is 5.56 Å². The first-order chi connectivity index (χ1) is 14.8. The molecule has 1 aromatic carbocycles. The topological polar surface area (TPSA) is 71.9 Å². The number of benzene rings is 1. The molecule has 0 aliphatic carbocycles. The molecule has 1 aliphatic heterocycles. The Morgan fingerprint density at radius 3 is 2.74 bits per heavy atom. The lowest BCUT2D eigenvalue weighted by molar-refractivity contribution is 0.00698. The molecule has 0 radical (unpaired) electrons. The maximum absolute atomic E-state index is 12.5. The number of carbonyl (C=O) groups excluding carboxylic acids is 1. The van der Waals surface area contributed by atoms with Gasteiger partial charge in [-0.05, 0) is 94.5 Å². The summed E-state index contributed by atoms with van der Waals surface area (Å²) in [4.78, 5) is 18.8. The molecule has 0 saturated carbocycles. The van der Waals surface area contributed by atoms with Crippen LogP contribution in [0.1, 0.15) is 52.0 Å².